The Morgan fingerprint density at radius 3 is 2.24 bits per heavy atom. The Kier molecular flexibility index (Phi) is 6.21. The number of rotatable bonds is 5. The number of carbonyl (C=O) groups excluding carboxylic acids is 4. The number of hydrazine groups is 1. The molecule has 0 radical (unpaired) electrons. The van der Waals surface area contributed by atoms with Crippen molar-refractivity contribution < 1.29 is 19.2 Å². The fraction of sp³-hybridized carbons (Fsp3) is 0.308. The molecule has 1 fully saturated rings. The van der Waals surface area contributed by atoms with Crippen LogP contribution in [-0.2, 0) is 9.59 Å². The molecule has 0 N–H and O–H groups in total. The van der Waals surface area contributed by atoms with Gasteiger partial charge in [0.2, 0.25) is 0 Å². The lowest BCUT2D eigenvalue weighted by atomic mass is 9.82. The zero-order chi connectivity index (χ0) is 23.9. The molecule has 4 rings (SSSR count). The third-order valence-electron chi connectivity index (χ3n) is 6.49. The van der Waals surface area contributed by atoms with E-state index in [0.717, 1.165) is 26.7 Å². The van der Waals surface area contributed by atoms with Crippen molar-refractivity contribution in [3.63, 3.8) is 0 Å². The smallest absolute Gasteiger partial charge is 0.273 e. The first kappa shape index (κ1) is 22.9. The van der Waals surface area contributed by atoms with Gasteiger partial charge in [0.15, 0.2) is 5.78 Å². The molecule has 2 aliphatic rings. The summed E-state index contributed by atoms with van der Waals surface area (Å²) in [6, 6.07) is 11.4. The number of ketones is 1. The van der Waals surface area contributed by atoms with Crippen LogP contribution in [0.5, 0.6) is 0 Å². The van der Waals surface area contributed by atoms with Gasteiger partial charge in [-0.15, -0.1) is 0 Å². The molecule has 7 heteroatoms. The topological polar surface area (TPSA) is 74.8 Å². The summed E-state index contributed by atoms with van der Waals surface area (Å²) in [5, 5.41) is 2.35. The molecule has 6 nitrogen and oxygen atoms in total. The molecule has 0 unspecified atom stereocenters. The van der Waals surface area contributed by atoms with Gasteiger partial charge in [-0.2, -0.15) is 5.01 Å². The second-order valence-electron chi connectivity index (χ2n) is 8.78. The molecule has 1 aliphatic heterocycles. The predicted molar refractivity (Wildman–Crippen MR) is 125 cm³/mol. The first-order valence-electron chi connectivity index (χ1n) is 10.9. The summed E-state index contributed by atoms with van der Waals surface area (Å²) < 4.78 is 0. The molecular weight excluding hydrogens is 440 g/mol. The summed E-state index contributed by atoms with van der Waals surface area (Å²) in [4.78, 5) is 53.2. The number of hydrogen-bond donors (Lipinski definition) is 0. The zero-order valence-corrected chi connectivity index (χ0v) is 19.6. The summed E-state index contributed by atoms with van der Waals surface area (Å²) in [5.41, 5.74) is 3.67. The van der Waals surface area contributed by atoms with Crippen LogP contribution in [0.25, 0.3) is 0 Å². The van der Waals surface area contributed by atoms with Crippen molar-refractivity contribution in [1.82, 2.24) is 10.0 Å². The fourth-order valence-corrected chi connectivity index (χ4v) is 4.50. The van der Waals surface area contributed by atoms with Gasteiger partial charge in [-0.1, -0.05) is 35.4 Å². The average Bonchev–Trinajstić information content (AvgIpc) is 3.03. The van der Waals surface area contributed by atoms with Gasteiger partial charge in [-0.05, 0) is 75.1 Å². The minimum atomic E-state index is -0.603. The first-order valence-corrected chi connectivity index (χ1v) is 11.3. The largest absolute Gasteiger partial charge is 0.292 e. The molecule has 0 bridgehead atoms. The quantitative estimate of drug-likeness (QED) is 0.370. The number of benzene rings is 2. The number of carbonyl (C=O) groups is 4. The van der Waals surface area contributed by atoms with Crippen molar-refractivity contribution in [1.29, 1.82) is 0 Å². The van der Waals surface area contributed by atoms with Crippen molar-refractivity contribution in [2.75, 3.05) is 6.54 Å². The van der Waals surface area contributed by atoms with Crippen LogP contribution < -0.4 is 0 Å². The van der Waals surface area contributed by atoms with Gasteiger partial charge in [0.1, 0.15) is 6.54 Å². The molecule has 3 amide bonds. The summed E-state index contributed by atoms with van der Waals surface area (Å²) in [5.74, 6) is -2.87. The number of allylic oxidation sites excluding steroid dienone is 2. The highest BCUT2D eigenvalue weighted by molar-refractivity contribution is 6.30. The monoisotopic (exact) mass is 464 g/mol. The number of aryl methyl sites for hydroxylation is 2. The SMILES string of the molecule is CC1=CC[C@H]2C(=O)N(N(CC(=O)c3ccc(C)c(C)c3)C(=O)c3ccc(Cl)cc3)C(=O)[C@H]2C1. The van der Waals surface area contributed by atoms with Crippen LogP contribution in [0.4, 0.5) is 0 Å². The maximum absolute atomic E-state index is 13.5. The molecule has 1 saturated heterocycles. The Hall–Kier alpha value is -3.25. The highest BCUT2D eigenvalue weighted by Gasteiger charge is 2.51. The Bertz CT molecular complexity index is 1190. The van der Waals surface area contributed by atoms with Gasteiger partial charge >= 0.3 is 0 Å². The molecule has 0 spiro atoms. The number of amides is 3. The van der Waals surface area contributed by atoms with E-state index in [9.17, 15) is 19.2 Å². The third-order valence-corrected chi connectivity index (χ3v) is 6.74. The van der Waals surface area contributed by atoms with E-state index < -0.39 is 36.1 Å². The van der Waals surface area contributed by atoms with E-state index in [-0.39, 0.29) is 11.3 Å². The minimum absolute atomic E-state index is 0.233. The van der Waals surface area contributed by atoms with Crippen molar-refractivity contribution >= 4 is 35.1 Å². The Labute approximate surface area is 197 Å². The number of imide groups is 1. The molecule has 170 valence electrons. The van der Waals surface area contributed by atoms with E-state index >= 15 is 0 Å². The Morgan fingerprint density at radius 1 is 0.939 bits per heavy atom. The van der Waals surface area contributed by atoms with Crippen molar-refractivity contribution in [2.24, 2.45) is 11.8 Å². The second-order valence-corrected chi connectivity index (χ2v) is 9.22. The summed E-state index contributed by atoms with van der Waals surface area (Å²) >= 11 is 5.95. The van der Waals surface area contributed by atoms with Gasteiger partial charge in [0.25, 0.3) is 17.7 Å². The van der Waals surface area contributed by atoms with E-state index in [1.807, 2.05) is 32.9 Å². The second kappa shape index (κ2) is 8.94. The van der Waals surface area contributed by atoms with E-state index in [1.165, 1.54) is 12.1 Å². The zero-order valence-electron chi connectivity index (χ0n) is 18.8. The standard InChI is InChI=1S/C26H25ClN2O4/c1-15-4-11-21-22(12-15)26(33)29(25(21)32)28(24(31)18-7-9-20(27)10-8-18)14-23(30)19-6-5-16(2)17(3)13-19/h4-10,13,21-22H,11-12,14H2,1-3H3/t21-,22+/m1/s1. The lowest BCUT2D eigenvalue weighted by Crippen LogP contribution is -2.52. The van der Waals surface area contributed by atoms with Crippen molar-refractivity contribution in [3.05, 3.63) is 81.4 Å². The molecule has 1 heterocycles. The highest BCUT2D eigenvalue weighted by atomic mass is 35.5. The molecule has 1 aliphatic carbocycles. The molecule has 2 atom stereocenters. The molecule has 33 heavy (non-hydrogen) atoms. The maximum Gasteiger partial charge on any atom is 0.273 e. The lowest BCUT2D eigenvalue weighted by Gasteiger charge is -2.30. The van der Waals surface area contributed by atoms with Crippen LogP contribution in [0.1, 0.15) is 51.6 Å². The number of fused-ring (bicyclic) bond motifs is 1. The van der Waals surface area contributed by atoms with Crippen LogP contribution in [0.2, 0.25) is 5.02 Å². The summed E-state index contributed by atoms with van der Waals surface area (Å²) in [7, 11) is 0. The highest BCUT2D eigenvalue weighted by Crippen LogP contribution is 2.38. The first-order chi connectivity index (χ1) is 15.7. The summed E-state index contributed by atoms with van der Waals surface area (Å²) in [6.45, 7) is 5.35. The molecule has 0 aromatic heterocycles. The van der Waals surface area contributed by atoms with Crippen LogP contribution in [0.3, 0.4) is 0 Å². The van der Waals surface area contributed by atoms with Crippen LogP contribution in [-0.4, -0.2) is 40.1 Å². The number of halogens is 1. The van der Waals surface area contributed by atoms with Crippen LogP contribution >= 0.6 is 11.6 Å². The molecule has 2 aromatic carbocycles. The molecular formula is C26H25ClN2O4. The minimum Gasteiger partial charge on any atom is -0.292 e. The normalized spacial score (nSPS) is 19.9. The van der Waals surface area contributed by atoms with E-state index in [1.54, 1.807) is 24.3 Å². The van der Waals surface area contributed by atoms with Crippen molar-refractivity contribution in [2.45, 2.75) is 33.6 Å². The van der Waals surface area contributed by atoms with Gasteiger partial charge in [0, 0.05) is 16.1 Å². The van der Waals surface area contributed by atoms with Gasteiger partial charge in [-0.25, -0.2) is 5.01 Å². The van der Waals surface area contributed by atoms with E-state index in [2.05, 4.69) is 0 Å². The molecule has 0 saturated carbocycles. The van der Waals surface area contributed by atoms with Gasteiger partial charge in [0.05, 0.1) is 11.8 Å². The predicted octanol–water partition coefficient (Wildman–Crippen LogP) is 4.54. The van der Waals surface area contributed by atoms with Gasteiger partial charge in [-0.3, -0.25) is 19.2 Å². The van der Waals surface area contributed by atoms with Gasteiger partial charge < -0.3 is 0 Å². The Morgan fingerprint density at radius 2 is 1.58 bits per heavy atom. The fourth-order valence-electron chi connectivity index (χ4n) is 4.37. The van der Waals surface area contributed by atoms with Crippen LogP contribution in [0, 0.1) is 25.7 Å². The number of hydrogen-bond acceptors (Lipinski definition) is 4. The maximum atomic E-state index is 13.5. The summed E-state index contributed by atoms with van der Waals surface area (Å²) in [6.07, 6.45) is 2.88. The number of nitrogens with zero attached hydrogens (tertiary/aromatic N) is 2. The number of Topliss-reactive ketones (excluding diaryl/α,β-unsaturated/α-hetero) is 1. The lowest BCUT2D eigenvalue weighted by molar-refractivity contribution is -0.154. The van der Waals surface area contributed by atoms with E-state index in [4.69, 9.17) is 11.6 Å². The average molecular weight is 465 g/mol. The van der Waals surface area contributed by atoms with Crippen molar-refractivity contribution in [3.8, 4) is 0 Å². The van der Waals surface area contributed by atoms with E-state index in [0.29, 0.717) is 23.4 Å². The third kappa shape index (κ3) is 4.35. The van der Waals surface area contributed by atoms with Crippen LogP contribution in [0.15, 0.2) is 54.1 Å². The molecule has 2 aromatic rings. The Balaban J connectivity index is 1.70.